The van der Waals surface area contributed by atoms with Crippen LogP contribution in [0.4, 0.5) is 0 Å². The third-order valence-corrected chi connectivity index (χ3v) is 6.91. The maximum Gasteiger partial charge on any atom is 0.343 e. The fraction of sp³-hybridized carbons (Fsp3) is 0.682. The van der Waals surface area contributed by atoms with Crippen molar-refractivity contribution in [2.75, 3.05) is 6.54 Å². The van der Waals surface area contributed by atoms with Crippen molar-refractivity contribution in [3.63, 3.8) is 0 Å². The summed E-state index contributed by atoms with van der Waals surface area (Å²) >= 11 is 0. The van der Waals surface area contributed by atoms with Crippen molar-refractivity contribution in [1.29, 1.82) is 0 Å². The number of carbonyl (C=O) groups is 1. The fourth-order valence-corrected chi connectivity index (χ4v) is 5.38. The molecule has 3 aliphatic rings. The Morgan fingerprint density at radius 1 is 1.12 bits per heavy atom. The Hall–Kier alpha value is -1.39. The van der Waals surface area contributed by atoms with E-state index in [4.69, 9.17) is 4.74 Å². The SMILES string of the molecule is Cc1ccccc1C(O)(C(=O)OC1C2CC[C@H]1NC2)C1CCCCCC1. The largest absolute Gasteiger partial charge is 0.458 e. The van der Waals surface area contributed by atoms with Gasteiger partial charge >= 0.3 is 5.97 Å². The Morgan fingerprint density at radius 2 is 1.85 bits per heavy atom. The van der Waals surface area contributed by atoms with E-state index < -0.39 is 11.6 Å². The maximum absolute atomic E-state index is 13.4. The first-order valence-corrected chi connectivity index (χ1v) is 10.3. The monoisotopic (exact) mass is 357 g/mol. The Morgan fingerprint density at radius 3 is 2.42 bits per heavy atom. The van der Waals surface area contributed by atoms with Crippen LogP contribution in [0, 0.1) is 18.8 Å². The fourth-order valence-electron chi connectivity index (χ4n) is 5.38. The van der Waals surface area contributed by atoms with Gasteiger partial charge in [0, 0.05) is 24.4 Å². The van der Waals surface area contributed by atoms with E-state index in [9.17, 15) is 9.90 Å². The van der Waals surface area contributed by atoms with Crippen LogP contribution in [0.25, 0.3) is 0 Å². The number of esters is 1. The van der Waals surface area contributed by atoms with Gasteiger partial charge in [0.2, 0.25) is 0 Å². The molecular weight excluding hydrogens is 326 g/mol. The zero-order valence-electron chi connectivity index (χ0n) is 15.7. The third kappa shape index (κ3) is 3.07. The van der Waals surface area contributed by atoms with Crippen LogP contribution in [0.1, 0.15) is 62.5 Å². The molecule has 3 unspecified atom stereocenters. The Kier molecular flexibility index (Phi) is 5.07. The molecule has 4 rings (SSSR count). The lowest BCUT2D eigenvalue weighted by atomic mass is 9.75. The highest BCUT2D eigenvalue weighted by Crippen LogP contribution is 2.42. The zero-order chi connectivity index (χ0) is 18.1. The van der Waals surface area contributed by atoms with Crippen molar-refractivity contribution in [2.45, 2.75) is 76.0 Å². The lowest BCUT2D eigenvalue weighted by Gasteiger charge is -2.36. The molecule has 1 saturated heterocycles. The van der Waals surface area contributed by atoms with E-state index in [1.165, 1.54) is 12.8 Å². The average molecular weight is 357 g/mol. The number of hydrogen-bond donors (Lipinski definition) is 2. The molecule has 4 atom stereocenters. The second-order valence-corrected chi connectivity index (χ2v) is 8.49. The third-order valence-electron chi connectivity index (χ3n) is 6.91. The van der Waals surface area contributed by atoms with Crippen LogP contribution in [0.2, 0.25) is 0 Å². The molecule has 142 valence electrons. The minimum absolute atomic E-state index is 0.0642. The minimum Gasteiger partial charge on any atom is -0.458 e. The van der Waals surface area contributed by atoms with Crippen LogP contribution in [0.5, 0.6) is 0 Å². The van der Waals surface area contributed by atoms with Crippen LogP contribution in [-0.4, -0.2) is 29.8 Å². The molecule has 3 fully saturated rings. The smallest absolute Gasteiger partial charge is 0.343 e. The van der Waals surface area contributed by atoms with Crippen LogP contribution < -0.4 is 5.32 Å². The van der Waals surface area contributed by atoms with Crippen LogP contribution >= 0.6 is 0 Å². The van der Waals surface area contributed by atoms with Crippen LogP contribution in [0.15, 0.2) is 24.3 Å². The molecule has 0 amide bonds. The lowest BCUT2D eigenvalue weighted by molar-refractivity contribution is -0.181. The Balaban J connectivity index is 1.65. The molecule has 1 aromatic rings. The van der Waals surface area contributed by atoms with Gasteiger partial charge in [0.1, 0.15) is 6.10 Å². The lowest BCUT2D eigenvalue weighted by Crippen LogP contribution is -2.47. The number of hydrogen-bond acceptors (Lipinski definition) is 4. The van der Waals surface area contributed by atoms with E-state index in [1.54, 1.807) is 0 Å². The molecule has 26 heavy (non-hydrogen) atoms. The van der Waals surface area contributed by atoms with E-state index >= 15 is 0 Å². The summed E-state index contributed by atoms with van der Waals surface area (Å²) in [6.45, 7) is 2.90. The Labute approximate surface area is 156 Å². The number of aliphatic hydroxyl groups is 1. The first kappa shape index (κ1) is 18.0. The van der Waals surface area contributed by atoms with Gasteiger partial charge in [-0.3, -0.25) is 0 Å². The maximum atomic E-state index is 13.4. The molecule has 2 N–H and O–H groups in total. The number of aryl methyl sites for hydroxylation is 1. The van der Waals surface area contributed by atoms with E-state index in [1.807, 2.05) is 31.2 Å². The summed E-state index contributed by atoms with van der Waals surface area (Å²) < 4.78 is 6.02. The number of carbonyl (C=O) groups excluding carboxylic acids is 1. The number of nitrogens with one attached hydrogen (secondary N) is 1. The second-order valence-electron chi connectivity index (χ2n) is 8.49. The van der Waals surface area contributed by atoms with Gasteiger partial charge < -0.3 is 15.2 Å². The van der Waals surface area contributed by atoms with Crippen molar-refractivity contribution in [3.05, 3.63) is 35.4 Å². The molecule has 4 nitrogen and oxygen atoms in total. The van der Waals surface area contributed by atoms with Gasteiger partial charge in [0.15, 0.2) is 5.60 Å². The normalized spacial score (nSPS) is 31.4. The van der Waals surface area contributed by atoms with Crippen molar-refractivity contribution in [3.8, 4) is 0 Å². The molecule has 1 heterocycles. The highest BCUT2D eigenvalue weighted by molar-refractivity contribution is 5.82. The highest BCUT2D eigenvalue weighted by Gasteiger charge is 2.51. The predicted octanol–water partition coefficient (Wildman–Crippen LogP) is 3.45. The van der Waals surface area contributed by atoms with Crippen LogP contribution in [-0.2, 0) is 15.1 Å². The summed E-state index contributed by atoms with van der Waals surface area (Å²) in [7, 11) is 0. The summed E-state index contributed by atoms with van der Waals surface area (Å²) in [6.07, 6.45) is 8.38. The molecule has 0 aromatic heterocycles. The first-order valence-electron chi connectivity index (χ1n) is 10.3. The molecule has 0 radical (unpaired) electrons. The second kappa shape index (κ2) is 7.32. The summed E-state index contributed by atoms with van der Waals surface area (Å²) in [5.41, 5.74) is 0.163. The predicted molar refractivity (Wildman–Crippen MR) is 101 cm³/mol. The molecule has 0 spiro atoms. The summed E-state index contributed by atoms with van der Waals surface area (Å²) in [4.78, 5) is 13.4. The molecule has 2 saturated carbocycles. The molecular formula is C22H31NO3. The van der Waals surface area contributed by atoms with E-state index in [0.29, 0.717) is 5.92 Å². The quantitative estimate of drug-likeness (QED) is 0.640. The van der Waals surface area contributed by atoms with E-state index in [0.717, 1.165) is 56.2 Å². The molecule has 4 heteroatoms. The van der Waals surface area contributed by atoms with Gasteiger partial charge in [0.05, 0.1) is 0 Å². The Bertz CT molecular complexity index is 633. The minimum atomic E-state index is -1.53. The number of fused-ring (bicyclic) bond motifs is 2. The summed E-state index contributed by atoms with van der Waals surface area (Å²) in [5.74, 6) is -0.0888. The van der Waals surface area contributed by atoms with Crippen molar-refractivity contribution in [2.24, 2.45) is 11.8 Å². The van der Waals surface area contributed by atoms with E-state index in [-0.39, 0.29) is 18.1 Å². The van der Waals surface area contributed by atoms with Crippen LogP contribution in [0.3, 0.4) is 0 Å². The van der Waals surface area contributed by atoms with Gasteiger partial charge in [-0.25, -0.2) is 4.79 Å². The topological polar surface area (TPSA) is 58.6 Å². The standard InChI is InChI=1S/C22H31NO3/c1-15-8-6-7-11-18(15)22(25,17-9-4-2-3-5-10-17)21(24)26-20-16-12-13-19(20)23-14-16/h6-8,11,16-17,19-20,23,25H,2-5,9-10,12-14H2,1H3/t16?,19-,20?,22?/m1/s1. The number of ether oxygens (including phenoxy) is 1. The van der Waals surface area contributed by atoms with E-state index in [2.05, 4.69) is 5.32 Å². The number of rotatable bonds is 4. The van der Waals surface area contributed by atoms with Gasteiger partial charge in [-0.1, -0.05) is 49.9 Å². The average Bonchev–Trinajstić information content (AvgIpc) is 3.08. The molecule has 2 bridgehead atoms. The van der Waals surface area contributed by atoms with Gasteiger partial charge in [-0.15, -0.1) is 0 Å². The molecule has 2 aliphatic carbocycles. The zero-order valence-corrected chi connectivity index (χ0v) is 15.7. The van der Waals surface area contributed by atoms with Crippen molar-refractivity contribution >= 4 is 5.97 Å². The van der Waals surface area contributed by atoms with Gasteiger partial charge in [-0.2, -0.15) is 0 Å². The highest BCUT2D eigenvalue weighted by atomic mass is 16.6. The first-order chi connectivity index (χ1) is 12.6. The molecule has 1 aliphatic heterocycles. The molecule has 1 aromatic carbocycles. The van der Waals surface area contributed by atoms with Crippen molar-refractivity contribution in [1.82, 2.24) is 5.32 Å². The summed E-state index contributed by atoms with van der Waals surface area (Å²) in [5, 5.41) is 15.3. The number of piperidine rings is 1. The van der Waals surface area contributed by atoms with Gasteiger partial charge in [-0.05, 0) is 43.7 Å². The number of benzene rings is 1. The summed E-state index contributed by atoms with van der Waals surface area (Å²) in [6, 6.07) is 8.02. The van der Waals surface area contributed by atoms with Crippen molar-refractivity contribution < 1.29 is 14.6 Å². The van der Waals surface area contributed by atoms with Gasteiger partial charge in [0.25, 0.3) is 0 Å².